The van der Waals surface area contributed by atoms with Crippen molar-refractivity contribution in [1.29, 1.82) is 0 Å². The molecule has 120 valence electrons. The van der Waals surface area contributed by atoms with Gasteiger partial charge in [-0.3, -0.25) is 0 Å². The fourth-order valence-corrected chi connectivity index (χ4v) is 3.57. The second-order valence-corrected chi connectivity index (χ2v) is 7.75. The van der Waals surface area contributed by atoms with Crippen LogP contribution in [0.2, 0.25) is 0 Å². The van der Waals surface area contributed by atoms with Crippen LogP contribution >= 0.6 is 11.3 Å². The van der Waals surface area contributed by atoms with E-state index in [1.54, 1.807) is 11.3 Å². The number of nitrogens with zero attached hydrogens (tertiary/aromatic N) is 2. The molecule has 4 nitrogen and oxygen atoms in total. The van der Waals surface area contributed by atoms with Crippen molar-refractivity contribution in [1.82, 2.24) is 10.3 Å². The van der Waals surface area contributed by atoms with Gasteiger partial charge in [0, 0.05) is 31.1 Å². The second-order valence-electron chi connectivity index (χ2n) is 6.91. The van der Waals surface area contributed by atoms with Crippen molar-refractivity contribution in [3.63, 3.8) is 0 Å². The number of aliphatic hydroxyl groups is 1. The Balaban J connectivity index is 1.63. The maximum absolute atomic E-state index is 9.25. The highest BCUT2D eigenvalue weighted by atomic mass is 32.1. The van der Waals surface area contributed by atoms with Crippen molar-refractivity contribution in [3.05, 3.63) is 11.1 Å². The van der Waals surface area contributed by atoms with E-state index in [0.717, 1.165) is 38.2 Å². The number of nitrogens with one attached hydrogen (secondary N) is 1. The molecule has 0 aromatic carbocycles. The summed E-state index contributed by atoms with van der Waals surface area (Å²) in [5.41, 5.74) is 1.19. The van der Waals surface area contributed by atoms with Crippen LogP contribution in [0.4, 0.5) is 5.13 Å². The smallest absolute Gasteiger partial charge is 0.185 e. The van der Waals surface area contributed by atoms with Crippen LogP contribution in [0.3, 0.4) is 0 Å². The lowest BCUT2D eigenvalue weighted by molar-refractivity contribution is 0.147. The van der Waals surface area contributed by atoms with Crippen LogP contribution in [0.1, 0.15) is 45.2 Å². The number of aromatic nitrogens is 1. The van der Waals surface area contributed by atoms with Gasteiger partial charge in [-0.2, -0.15) is 0 Å². The van der Waals surface area contributed by atoms with Gasteiger partial charge in [0.1, 0.15) is 0 Å². The van der Waals surface area contributed by atoms with E-state index in [9.17, 15) is 5.11 Å². The standard InChI is InChI=1S/C16H29N3OS/c1-13-11-21-15(18-13)19-9-5-14(6-10-19)17-8-4-7-16(2,3)12-20/h11,14,17,20H,4-10,12H2,1-3H3. The molecule has 21 heavy (non-hydrogen) atoms. The number of thiazole rings is 1. The molecule has 0 aliphatic carbocycles. The van der Waals surface area contributed by atoms with E-state index in [1.807, 2.05) is 0 Å². The molecule has 1 aromatic heterocycles. The summed E-state index contributed by atoms with van der Waals surface area (Å²) >= 11 is 1.75. The van der Waals surface area contributed by atoms with Gasteiger partial charge in [0.05, 0.1) is 5.69 Å². The summed E-state index contributed by atoms with van der Waals surface area (Å²) in [4.78, 5) is 6.98. The van der Waals surface area contributed by atoms with E-state index in [1.165, 1.54) is 18.0 Å². The molecule has 0 atom stereocenters. The molecule has 0 unspecified atom stereocenters. The summed E-state index contributed by atoms with van der Waals surface area (Å²) < 4.78 is 0. The lowest BCUT2D eigenvalue weighted by atomic mass is 9.89. The molecule has 1 aliphatic rings. The molecule has 2 heterocycles. The van der Waals surface area contributed by atoms with Gasteiger partial charge in [0.15, 0.2) is 5.13 Å². The molecule has 2 rings (SSSR count). The molecular weight excluding hydrogens is 282 g/mol. The number of aliphatic hydroxyl groups excluding tert-OH is 1. The Morgan fingerprint density at radius 3 is 2.71 bits per heavy atom. The first kappa shape index (κ1) is 16.7. The van der Waals surface area contributed by atoms with E-state index in [0.29, 0.717) is 6.04 Å². The van der Waals surface area contributed by atoms with Crippen LogP contribution in [-0.2, 0) is 0 Å². The summed E-state index contributed by atoms with van der Waals surface area (Å²) in [6.45, 7) is 9.85. The summed E-state index contributed by atoms with van der Waals surface area (Å²) in [5, 5.41) is 16.2. The average Bonchev–Trinajstić information content (AvgIpc) is 2.91. The minimum Gasteiger partial charge on any atom is -0.396 e. The largest absolute Gasteiger partial charge is 0.396 e. The molecule has 0 amide bonds. The van der Waals surface area contributed by atoms with Gasteiger partial charge in [-0.15, -0.1) is 11.3 Å². The van der Waals surface area contributed by atoms with E-state index in [4.69, 9.17) is 0 Å². The SMILES string of the molecule is Cc1csc(N2CCC(NCCCC(C)(C)CO)CC2)n1. The van der Waals surface area contributed by atoms with Crippen molar-refractivity contribution < 1.29 is 5.11 Å². The number of rotatable bonds is 7. The molecule has 0 spiro atoms. The van der Waals surface area contributed by atoms with Crippen LogP contribution < -0.4 is 10.2 Å². The third kappa shape index (κ3) is 5.24. The molecule has 1 aromatic rings. The third-order valence-corrected chi connectivity index (χ3v) is 5.28. The minimum absolute atomic E-state index is 0.0632. The summed E-state index contributed by atoms with van der Waals surface area (Å²) in [6, 6.07) is 0.638. The van der Waals surface area contributed by atoms with Gasteiger partial charge in [-0.25, -0.2) is 4.98 Å². The Hall–Kier alpha value is -0.650. The maximum atomic E-state index is 9.25. The van der Waals surface area contributed by atoms with Crippen LogP contribution in [0.25, 0.3) is 0 Å². The Morgan fingerprint density at radius 1 is 1.43 bits per heavy atom. The van der Waals surface area contributed by atoms with Crippen molar-refractivity contribution in [2.75, 3.05) is 31.1 Å². The normalized spacial score (nSPS) is 17.4. The van der Waals surface area contributed by atoms with E-state index in [2.05, 4.69) is 41.4 Å². The zero-order valence-corrected chi connectivity index (χ0v) is 14.4. The van der Waals surface area contributed by atoms with Crippen molar-refractivity contribution in [2.24, 2.45) is 5.41 Å². The van der Waals surface area contributed by atoms with E-state index in [-0.39, 0.29) is 12.0 Å². The van der Waals surface area contributed by atoms with Crippen LogP contribution in [0.15, 0.2) is 5.38 Å². The Labute approximate surface area is 132 Å². The molecule has 1 fully saturated rings. The van der Waals surface area contributed by atoms with Crippen molar-refractivity contribution in [2.45, 2.75) is 52.5 Å². The fourth-order valence-electron chi connectivity index (χ4n) is 2.71. The van der Waals surface area contributed by atoms with Crippen molar-refractivity contribution in [3.8, 4) is 0 Å². The Bertz CT molecular complexity index is 425. The number of piperidine rings is 1. The lowest BCUT2D eigenvalue weighted by Gasteiger charge is -2.32. The Morgan fingerprint density at radius 2 is 2.14 bits per heavy atom. The molecule has 5 heteroatoms. The molecule has 2 N–H and O–H groups in total. The summed E-state index contributed by atoms with van der Waals surface area (Å²) in [6.07, 6.45) is 4.61. The molecule has 0 saturated carbocycles. The van der Waals surface area contributed by atoms with Gasteiger partial charge in [0.2, 0.25) is 0 Å². The maximum Gasteiger partial charge on any atom is 0.185 e. The predicted octanol–water partition coefficient (Wildman–Crippen LogP) is 2.81. The fraction of sp³-hybridized carbons (Fsp3) is 0.812. The molecule has 1 aliphatic heterocycles. The number of hydrogen-bond acceptors (Lipinski definition) is 5. The topological polar surface area (TPSA) is 48.4 Å². The van der Waals surface area contributed by atoms with E-state index >= 15 is 0 Å². The van der Waals surface area contributed by atoms with Gasteiger partial charge in [0.25, 0.3) is 0 Å². The van der Waals surface area contributed by atoms with Gasteiger partial charge in [-0.1, -0.05) is 13.8 Å². The first-order chi connectivity index (χ1) is 10.00. The minimum atomic E-state index is 0.0632. The second kappa shape index (κ2) is 7.56. The van der Waals surface area contributed by atoms with Crippen LogP contribution in [0.5, 0.6) is 0 Å². The summed E-state index contributed by atoms with van der Waals surface area (Å²) in [5.74, 6) is 0. The third-order valence-electron chi connectivity index (χ3n) is 4.26. The molecule has 1 saturated heterocycles. The predicted molar refractivity (Wildman–Crippen MR) is 90.2 cm³/mol. The van der Waals surface area contributed by atoms with Gasteiger partial charge < -0.3 is 15.3 Å². The zero-order chi connectivity index (χ0) is 15.3. The lowest BCUT2D eigenvalue weighted by Crippen LogP contribution is -2.43. The zero-order valence-electron chi connectivity index (χ0n) is 13.6. The monoisotopic (exact) mass is 311 g/mol. The van der Waals surface area contributed by atoms with Crippen molar-refractivity contribution >= 4 is 16.5 Å². The Kier molecular flexibility index (Phi) is 6.02. The number of anilines is 1. The van der Waals surface area contributed by atoms with Crippen LogP contribution in [0, 0.1) is 12.3 Å². The van der Waals surface area contributed by atoms with Crippen LogP contribution in [-0.4, -0.2) is 42.4 Å². The highest BCUT2D eigenvalue weighted by molar-refractivity contribution is 7.13. The van der Waals surface area contributed by atoms with E-state index < -0.39 is 0 Å². The first-order valence-corrected chi connectivity index (χ1v) is 8.89. The molecule has 0 radical (unpaired) electrons. The molecular formula is C16H29N3OS. The highest BCUT2D eigenvalue weighted by Gasteiger charge is 2.21. The first-order valence-electron chi connectivity index (χ1n) is 8.01. The van der Waals surface area contributed by atoms with Gasteiger partial charge >= 0.3 is 0 Å². The molecule has 0 bridgehead atoms. The summed E-state index contributed by atoms with van der Waals surface area (Å²) in [7, 11) is 0. The quantitative estimate of drug-likeness (QED) is 0.760. The number of hydrogen-bond donors (Lipinski definition) is 2. The average molecular weight is 311 g/mol. The highest BCUT2D eigenvalue weighted by Crippen LogP contribution is 2.24. The van der Waals surface area contributed by atoms with Gasteiger partial charge in [-0.05, 0) is 44.6 Å². The number of aryl methyl sites for hydroxylation is 1.